The van der Waals surface area contributed by atoms with Crippen LogP contribution in [0.2, 0.25) is 0 Å². The number of carbonyl (C=O) groups is 1. The molecule has 0 amide bonds. The zero-order chi connectivity index (χ0) is 14.7. The maximum absolute atomic E-state index is 11.7. The Hall–Kier alpha value is -1.99. The Labute approximate surface area is 132 Å². The molecule has 2 aromatic heterocycles. The predicted octanol–water partition coefficient (Wildman–Crippen LogP) is 3.92. The predicted molar refractivity (Wildman–Crippen MR) is 80.9 cm³/mol. The van der Waals surface area contributed by atoms with Crippen molar-refractivity contribution in [2.45, 2.75) is 6.61 Å². The van der Waals surface area contributed by atoms with Gasteiger partial charge in [-0.05, 0) is 35.7 Å². The Morgan fingerprint density at radius 1 is 1.29 bits per heavy atom. The summed E-state index contributed by atoms with van der Waals surface area (Å²) in [6, 6.07) is 11.0. The first-order valence-corrected chi connectivity index (χ1v) is 7.69. The monoisotopic (exact) mass is 364 g/mol. The standard InChI is InChI=1S/C14H9BrN2O3S/c15-10-5-3-9(4-6-10)13-16-12(20-17-13)8-19-14(18)11-2-1-7-21-11/h1-7H,8H2. The van der Waals surface area contributed by atoms with Crippen LogP contribution in [0, 0.1) is 0 Å². The minimum Gasteiger partial charge on any atom is -0.451 e. The van der Waals surface area contributed by atoms with E-state index in [1.165, 1.54) is 11.3 Å². The summed E-state index contributed by atoms with van der Waals surface area (Å²) in [7, 11) is 0. The minimum atomic E-state index is -0.395. The third-order valence-corrected chi connectivity index (χ3v) is 4.00. The van der Waals surface area contributed by atoms with E-state index in [1.807, 2.05) is 29.6 Å². The molecule has 0 N–H and O–H groups in total. The lowest BCUT2D eigenvalue weighted by atomic mass is 10.2. The average Bonchev–Trinajstić information content (AvgIpc) is 3.17. The van der Waals surface area contributed by atoms with Crippen molar-refractivity contribution in [3.05, 3.63) is 57.0 Å². The molecule has 0 atom stereocenters. The lowest BCUT2D eigenvalue weighted by Gasteiger charge is -1.98. The number of hydrogen-bond donors (Lipinski definition) is 0. The molecule has 0 spiro atoms. The summed E-state index contributed by atoms with van der Waals surface area (Å²) in [5.74, 6) is 0.330. The van der Waals surface area contributed by atoms with Crippen LogP contribution in [0.5, 0.6) is 0 Å². The summed E-state index contributed by atoms with van der Waals surface area (Å²) in [6.45, 7) is -0.0414. The summed E-state index contributed by atoms with van der Waals surface area (Å²) >= 11 is 4.69. The highest BCUT2D eigenvalue weighted by molar-refractivity contribution is 9.10. The highest BCUT2D eigenvalue weighted by atomic mass is 79.9. The van der Waals surface area contributed by atoms with Gasteiger partial charge in [-0.3, -0.25) is 0 Å². The summed E-state index contributed by atoms with van der Waals surface area (Å²) in [6.07, 6.45) is 0. The molecule has 0 fully saturated rings. The maximum atomic E-state index is 11.7. The number of nitrogens with zero attached hydrogens (tertiary/aromatic N) is 2. The molecule has 1 aromatic carbocycles. The Morgan fingerprint density at radius 3 is 2.81 bits per heavy atom. The van der Waals surface area contributed by atoms with Crippen LogP contribution in [0.3, 0.4) is 0 Å². The SMILES string of the molecule is O=C(OCc1nc(-c2ccc(Br)cc2)no1)c1cccs1. The molecular formula is C14H9BrN2O3S. The van der Waals surface area contributed by atoms with Crippen LogP contribution in [-0.2, 0) is 11.3 Å². The quantitative estimate of drug-likeness (QED) is 0.656. The van der Waals surface area contributed by atoms with Gasteiger partial charge in [-0.2, -0.15) is 4.98 Å². The molecule has 0 unspecified atom stereocenters. The fraction of sp³-hybridized carbons (Fsp3) is 0.0714. The molecule has 0 saturated carbocycles. The van der Waals surface area contributed by atoms with Crippen molar-refractivity contribution in [3.8, 4) is 11.4 Å². The summed E-state index contributed by atoms with van der Waals surface area (Å²) in [5.41, 5.74) is 0.831. The van der Waals surface area contributed by atoms with Crippen LogP contribution in [0.1, 0.15) is 15.6 Å². The second kappa shape index (κ2) is 6.19. The number of carbonyl (C=O) groups excluding carboxylic acids is 1. The molecule has 7 heteroatoms. The summed E-state index contributed by atoms with van der Waals surface area (Å²) in [5, 5.41) is 5.68. The van der Waals surface area contributed by atoms with Crippen molar-refractivity contribution in [1.29, 1.82) is 0 Å². The number of rotatable bonds is 4. The van der Waals surface area contributed by atoms with Gasteiger partial charge in [-0.25, -0.2) is 4.79 Å². The molecule has 0 saturated heterocycles. The van der Waals surface area contributed by atoms with Gasteiger partial charge in [-0.15, -0.1) is 11.3 Å². The van der Waals surface area contributed by atoms with Gasteiger partial charge in [0.1, 0.15) is 4.88 Å². The van der Waals surface area contributed by atoms with Crippen molar-refractivity contribution in [1.82, 2.24) is 10.1 Å². The Bertz CT molecular complexity index is 738. The fourth-order valence-electron chi connectivity index (χ4n) is 1.62. The van der Waals surface area contributed by atoms with Gasteiger partial charge in [0.15, 0.2) is 6.61 Å². The van der Waals surface area contributed by atoms with E-state index < -0.39 is 5.97 Å². The molecule has 0 bridgehead atoms. The van der Waals surface area contributed by atoms with Gasteiger partial charge in [0, 0.05) is 10.0 Å². The van der Waals surface area contributed by atoms with E-state index in [2.05, 4.69) is 26.1 Å². The molecule has 0 aliphatic carbocycles. The number of esters is 1. The third-order valence-electron chi connectivity index (χ3n) is 2.62. The zero-order valence-electron chi connectivity index (χ0n) is 10.7. The molecule has 3 rings (SSSR count). The fourth-order valence-corrected chi connectivity index (χ4v) is 2.50. The number of aromatic nitrogens is 2. The minimum absolute atomic E-state index is 0.0414. The normalized spacial score (nSPS) is 10.5. The molecule has 5 nitrogen and oxygen atoms in total. The zero-order valence-corrected chi connectivity index (χ0v) is 13.1. The van der Waals surface area contributed by atoms with Crippen LogP contribution >= 0.6 is 27.3 Å². The highest BCUT2D eigenvalue weighted by Crippen LogP contribution is 2.19. The van der Waals surface area contributed by atoms with Gasteiger partial charge in [0.2, 0.25) is 5.82 Å². The van der Waals surface area contributed by atoms with Crippen LogP contribution in [0.15, 0.2) is 50.8 Å². The Kier molecular flexibility index (Phi) is 4.12. The number of ether oxygens (including phenoxy) is 1. The second-order valence-corrected chi connectivity index (χ2v) is 5.94. The maximum Gasteiger partial charge on any atom is 0.348 e. The average molecular weight is 365 g/mol. The lowest BCUT2D eigenvalue weighted by molar-refractivity contribution is 0.0435. The van der Waals surface area contributed by atoms with Gasteiger partial charge in [0.05, 0.1) is 0 Å². The van der Waals surface area contributed by atoms with Crippen molar-refractivity contribution in [2.75, 3.05) is 0 Å². The molecule has 0 radical (unpaired) electrons. The number of thiophene rings is 1. The lowest BCUT2D eigenvalue weighted by Crippen LogP contribution is -2.03. The smallest absolute Gasteiger partial charge is 0.348 e. The van der Waals surface area contributed by atoms with Crippen molar-refractivity contribution in [2.24, 2.45) is 0 Å². The first-order valence-electron chi connectivity index (χ1n) is 6.01. The Balaban J connectivity index is 1.65. The topological polar surface area (TPSA) is 65.2 Å². The van der Waals surface area contributed by atoms with E-state index >= 15 is 0 Å². The first kappa shape index (κ1) is 14.0. The van der Waals surface area contributed by atoms with Crippen LogP contribution < -0.4 is 0 Å². The largest absolute Gasteiger partial charge is 0.451 e. The van der Waals surface area contributed by atoms with Crippen molar-refractivity contribution >= 4 is 33.2 Å². The van der Waals surface area contributed by atoms with E-state index in [0.29, 0.717) is 10.7 Å². The van der Waals surface area contributed by atoms with Crippen molar-refractivity contribution < 1.29 is 14.1 Å². The van der Waals surface area contributed by atoms with E-state index in [1.54, 1.807) is 12.1 Å². The Morgan fingerprint density at radius 2 is 2.10 bits per heavy atom. The number of halogens is 1. The van der Waals surface area contributed by atoms with E-state index in [-0.39, 0.29) is 12.5 Å². The second-order valence-electron chi connectivity index (χ2n) is 4.07. The van der Waals surface area contributed by atoms with Gasteiger partial charge < -0.3 is 9.26 Å². The van der Waals surface area contributed by atoms with Gasteiger partial charge in [-0.1, -0.05) is 27.2 Å². The molecular weight excluding hydrogens is 356 g/mol. The first-order chi connectivity index (χ1) is 10.2. The van der Waals surface area contributed by atoms with Crippen molar-refractivity contribution in [3.63, 3.8) is 0 Å². The van der Waals surface area contributed by atoms with Gasteiger partial charge >= 0.3 is 5.97 Å². The number of hydrogen-bond acceptors (Lipinski definition) is 6. The van der Waals surface area contributed by atoms with Crippen LogP contribution in [0.4, 0.5) is 0 Å². The van der Waals surface area contributed by atoms with Crippen LogP contribution in [-0.4, -0.2) is 16.1 Å². The van der Waals surface area contributed by atoms with Crippen LogP contribution in [0.25, 0.3) is 11.4 Å². The summed E-state index contributed by atoms with van der Waals surface area (Å²) < 4.78 is 11.2. The summed E-state index contributed by atoms with van der Waals surface area (Å²) in [4.78, 5) is 16.4. The van der Waals surface area contributed by atoms with E-state index in [0.717, 1.165) is 10.0 Å². The third kappa shape index (κ3) is 3.37. The van der Waals surface area contributed by atoms with Gasteiger partial charge in [0.25, 0.3) is 5.89 Å². The molecule has 21 heavy (non-hydrogen) atoms. The molecule has 2 heterocycles. The molecule has 0 aliphatic heterocycles. The highest BCUT2D eigenvalue weighted by Gasteiger charge is 2.12. The molecule has 106 valence electrons. The number of benzene rings is 1. The molecule has 3 aromatic rings. The van der Waals surface area contributed by atoms with E-state index in [4.69, 9.17) is 9.26 Å². The van der Waals surface area contributed by atoms with E-state index in [9.17, 15) is 4.79 Å². The molecule has 0 aliphatic rings.